The fourth-order valence-electron chi connectivity index (χ4n) is 2.53. The molecule has 108 valence electrons. The van der Waals surface area contributed by atoms with Gasteiger partial charge in [-0.1, -0.05) is 42.5 Å². The number of hydrogen-bond donors (Lipinski definition) is 2. The number of halogens is 1. The lowest BCUT2D eigenvalue weighted by Crippen LogP contribution is -2.38. The zero-order chi connectivity index (χ0) is 14.7. The Morgan fingerprint density at radius 2 is 1.86 bits per heavy atom. The van der Waals surface area contributed by atoms with Crippen molar-refractivity contribution in [2.24, 2.45) is 5.84 Å². The molecular weight excluding hydrogens is 344 g/mol. The average Bonchev–Trinajstić information content (AvgIpc) is 2.91. The van der Waals surface area contributed by atoms with Gasteiger partial charge >= 0.3 is 0 Å². The van der Waals surface area contributed by atoms with E-state index in [4.69, 9.17) is 5.84 Å². The van der Waals surface area contributed by atoms with E-state index < -0.39 is 0 Å². The first-order valence-corrected chi connectivity index (χ1v) is 8.59. The second kappa shape index (κ2) is 6.71. The Morgan fingerprint density at radius 3 is 2.57 bits per heavy atom. The van der Waals surface area contributed by atoms with Crippen LogP contribution in [0.4, 0.5) is 0 Å². The fourth-order valence-corrected chi connectivity index (χ4v) is 4.13. The van der Waals surface area contributed by atoms with Crippen molar-refractivity contribution in [1.29, 1.82) is 0 Å². The molecular formula is C17H17BrN2S. The normalized spacial score (nSPS) is 12.7. The Morgan fingerprint density at radius 1 is 1.05 bits per heavy atom. The Labute approximate surface area is 137 Å². The van der Waals surface area contributed by atoms with Gasteiger partial charge in [0.25, 0.3) is 0 Å². The van der Waals surface area contributed by atoms with Crippen molar-refractivity contribution in [3.05, 3.63) is 68.8 Å². The SMILES string of the molecule is NNC(Cc1ccc2ccccc2c1)Cc1sccc1Br. The molecule has 0 spiro atoms. The Kier molecular flexibility index (Phi) is 4.70. The first kappa shape index (κ1) is 14.7. The van der Waals surface area contributed by atoms with Crippen LogP contribution in [-0.4, -0.2) is 6.04 Å². The fraction of sp³-hybridized carbons (Fsp3) is 0.176. The van der Waals surface area contributed by atoms with E-state index in [0.29, 0.717) is 0 Å². The highest BCUT2D eigenvalue weighted by molar-refractivity contribution is 9.10. The van der Waals surface area contributed by atoms with Crippen LogP contribution < -0.4 is 11.3 Å². The summed E-state index contributed by atoms with van der Waals surface area (Å²) < 4.78 is 1.17. The lowest BCUT2D eigenvalue weighted by molar-refractivity contribution is 0.525. The molecule has 0 aliphatic rings. The van der Waals surface area contributed by atoms with Crippen LogP contribution in [0.3, 0.4) is 0 Å². The number of benzene rings is 2. The number of thiophene rings is 1. The maximum absolute atomic E-state index is 5.74. The molecule has 3 rings (SSSR count). The van der Waals surface area contributed by atoms with Crippen molar-refractivity contribution in [3.8, 4) is 0 Å². The summed E-state index contributed by atoms with van der Waals surface area (Å²) in [6.07, 6.45) is 1.85. The molecule has 0 fully saturated rings. The Balaban J connectivity index is 1.77. The molecule has 4 heteroatoms. The van der Waals surface area contributed by atoms with Gasteiger partial charge in [-0.05, 0) is 56.6 Å². The number of fused-ring (bicyclic) bond motifs is 1. The highest BCUT2D eigenvalue weighted by Crippen LogP contribution is 2.25. The van der Waals surface area contributed by atoms with E-state index in [9.17, 15) is 0 Å². The second-order valence-corrected chi connectivity index (χ2v) is 7.00. The Bertz CT molecular complexity index is 738. The molecule has 3 N–H and O–H groups in total. The van der Waals surface area contributed by atoms with E-state index in [1.807, 2.05) is 0 Å². The van der Waals surface area contributed by atoms with Gasteiger partial charge in [0, 0.05) is 15.4 Å². The van der Waals surface area contributed by atoms with E-state index in [0.717, 1.165) is 12.8 Å². The summed E-state index contributed by atoms with van der Waals surface area (Å²) in [4.78, 5) is 1.33. The van der Waals surface area contributed by atoms with Crippen molar-refractivity contribution in [1.82, 2.24) is 5.43 Å². The predicted octanol–water partition coefficient (Wildman–Crippen LogP) is 4.28. The van der Waals surface area contributed by atoms with Crippen LogP contribution in [0.15, 0.2) is 58.4 Å². The molecule has 1 aromatic heterocycles. The van der Waals surface area contributed by atoms with E-state index in [2.05, 4.69) is 75.3 Å². The van der Waals surface area contributed by atoms with E-state index in [-0.39, 0.29) is 6.04 Å². The van der Waals surface area contributed by atoms with Gasteiger partial charge in [0.05, 0.1) is 0 Å². The van der Waals surface area contributed by atoms with Crippen LogP contribution in [-0.2, 0) is 12.8 Å². The van der Waals surface area contributed by atoms with Gasteiger partial charge in [0.2, 0.25) is 0 Å². The molecule has 0 aliphatic heterocycles. The van der Waals surface area contributed by atoms with Crippen LogP contribution in [0.2, 0.25) is 0 Å². The van der Waals surface area contributed by atoms with Crippen molar-refractivity contribution in [3.63, 3.8) is 0 Å². The number of rotatable bonds is 5. The molecule has 3 aromatic rings. The molecule has 21 heavy (non-hydrogen) atoms. The standard InChI is InChI=1S/C17H17BrN2S/c18-16-7-8-21-17(16)11-15(20-19)10-12-5-6-13-3-1-2-4-14(13)9-12/h1-9,15,20H,10-11,19H2. The van der Waals surface area contributed by atoms with Crippen molar-refractivity contribution in [2.45, 2.75) is 18.9 Å². The minimum absolute atomic E-state index is 0.237. The van der Waals surface area contributed by atoms with E-state index >= 15 is 0 Å². The molecule has 0 amide bonds. The molecule has 2 aromatic carbocycles. The summed E-state index contributed by atoms with van der Waals surface area (Å²) in [5, 5.41) is 4.66. The van der Waals surface area contributed by atoms with Crippen LogP contribution >= 0.6 is 27.3 Å². The molecule has 1 heterocycles. The molecule has 2 nitrogen and oxygen atoms in total. The average molecular weight is 361 g/mol. The summed E-state index contributed by atoms with van der Waals surface area (Å²) in [7, 11) is 0. The van der Waals surface area contributed by atoms with E-state index in [1.54, 1.807) is 11.3 Å². The van der Waals surface area contributed by atoms with Crippen LogP contribution in [0.25, 0.3) is 10.8 Å². The zero-order valence-corrected chi connectivity index (χ0v) is 14.0. The molecule has 0 aliphatic carbocycles. The second-order valence-electron chi connectivity index (χ2n) is 5.15. The van der Waals surface area contributed by atoms with Crippen molar-refractivity contribution >= 4 is 38.0 Å². The van der Waals surface area contributed by atoms with Gasteiger partial charge < -0.3 is 0 Å². The topological polar surface area (TPSA) is 38.0 Å². The van der Waals surface area contributed by atoms with Gasteiger partial charge in [-0.15, -0.1) is 11.3 Å². The third kappa shape index (κ3) is 3.52. The minimum Gasteiger partial charge on any atom is -0.271 e. The summed E-state index contributed by atoms with van der Waals surface area (Å²) in [5.41, 5.74) is 4.26. The quantitative estimate of drug-likeness (QED) is 0.526. The maximum atomic E-state index is 5.74. The van der Waals surface area contributed by atoms with Gasteiger partial charge in [0.15, 0.2) is 0 Å². The monoisotopic (exact) mass is 360 g/mol. The van der Waals surface area contributed by atoms with Gasteiger partial charge in [0.1, 0.15) is 0 Å². The molecule has 0 saturated heterocycles. The smallest absolute Gasteiger partial charge is 0.0314 e. The number of nitrogens with one attached hydrogen (secondary N) is 1. The third-order valence-corrected chi connectivity index (χ3v) is 5.60. The Hall–Kier alpha value is -1.20. The molecule has 1 atom stereocenters. The van der Waals surface area contributed by atoms with E-state index in [1.165, 1.54) is 25.7 Å². The number of nitrogens with two attached hydrogens (primary N) is 1. The summed E-state index contributed by atoms with van der Waals surface area (Å²) in [6, 6.07) is 17.4. The van der Waals surface area contributed by atoms with Gasteiger partial charge in [-0.25, -0.2) is 0 Å². The largest absolute Gasteiger partial charge is 0.271 e. The number of hydrogen-bond acceptors (Lipinski definition) is 3. The predicted molar refractivity (Wildman–Crippen MR) is 94.5 cm³/mol. The highest BCUT2D eigenvalue weighted by atomic mass is 79.9. The van der Waals surface area contributed by atoms with Crippen LogP contribution in [0, 0.1) is 0 Å². The molecule has 0 saturated carbocycles. The summed E-state index contributed by atoms with van der Waals surface area (Å²) in [6.45, 7) is 0. The third-order valence-electron chi connectivity index (χ3n) is 3.65. The van der Waals surface area contributed by atoms with Gasteiger partial charge in [-0.3, -0.25) is 11.3 Å². The molecule has 0 bridgehead atoms. The summed E-state index contributed by atoms with van der Waals surface area (Å²) >= 11 is 5.35. The van der Waals surface area contributed by atoms with Crippen molar-refractivity contribution in [2.75, 3.05) is 0 Å². The van der Waals surface area contributed by atoms with Gasteiger partial charge in [-0.2, -0.15) is 0 Å². The molecule has 1 unspecified atom stereocenters. The first-order valence-electron chi connectivity index (χ1n) is 6.92. The first-order chi connectivity index (χ1) is 10.3. The zero-order valence-electron chi connectivity index (χ0n) is 11.6. The number of hydrazine groups is 1. The van der Waals surface area contributed by atoms with Crippen LogP contribution in [0.5, 0.6) is 0 Å². The lowest BCUT2D eigenvalue weighted by atomic mass is 10.00. The van der Waals surface area contributed by atoms with Crippen LogP contribution in [0.1, 0.15) is 10.4 Å². The lowest BCUT2D eigenvalue weighted by Gasteiger charge is -2.16. The minimum atomic E-state index is 0.237. The highest BCUT2D eigenvalue weighted by Gasteiger charge is 2.12. The van der Waals surface area contributed by atoms with Crippen molar-refractivity contribution < 1.29 is 0 Å². The summed E-state index contributed by atoms with van der Waals surface area (Å²) in [5.74, 6) is 5.74. The maximum Gasteiger partial charge on any atom is 0.0314 e. The molecule has 0 radical (unpaired) electrons.